The van der Waals surface area contributed by atoms with Crippen LogP contribution in [0.1, 0.15) is 10.4 Å². The molecule has 4 rings (SSSR count). The number of nitrogens with one attached hydrogen (secondary N) is 1. The largest absolute Gasteiger partial charge is 0.322 e. The van der Waals surface area contributed by atoms with Crippen LogP contribution in [-0.4, -0.2) is 20.9 Å². The Kier molecular flexibility index (Phi) is 3.70. The van der Waals surface area contributed by atoms with Crippen LogP contribution in [0.4, 0.5) is 10.1 Å². The molecule has 6 heteroatoms. The van der Waals surface area contributed by atoms with Gasteiger partial charge < -0.3 is 5.32 Å². The first kappa shape index (κ1) is 15.0. The van der Waals surface area contributed by atoms with Crippen molar-refractivity contribution in [2.24, 2.45) is 0 Å². The maximum Gasteiger partial charge on any atom is 0.255 e. The molecule has 0 unspecified atom stereocenters. The lowest BCUT2D eigenvalue weighted by molar-refractivity contribution is 0.102. The Bertz CT molecular complexity index is 1040. The first-order valence-corrected chi connectivity index (χ1v) is 7.68. The van der Waals surface area contributed by atoms with Gasteiger partial charge in [0.2, 0.25) is 0 Å². The van der Waals surface area contributed by atoms with E-state index in [1.165, 1.54) is 16.9 Å². The van der Waals surface area contributed by atoms with Crippen LogP contribution in [0.15, 0.2) is 72.8 Å². The van der Waals surface area contributed by atoms with Crippen molar-refractivity contribution in [1.29, 1.82) is 0 Å². The van der Waals surface area contributed by atoms with Gasteiger partial charge in [0.15, 0.2) is 0 Å². The molecule has 0 aliphatic carbocycles. The minimum atomic E-state index is -0.314. The third kappa shape index (κ3) is 3.10. The normalized spacial score (nSPS) is 10.8. The van der Waals surface area contributed by atoms with E-state index in [4.69, 9.17) is 0 Å². The number of aromatic nitrogens is 3. The van der Waals surface area contributed by atoms with E-state index in [9.17, 15) is 9.18 Å². The van der Waals surface area contributed by atoms with Crippen LogP contribution in [0.3, 0.4) is 0 Å². The molecule has 1 N–H and O–H groups in total. The molecular formula is C19H13FN4O. The first-order chi connectivity index (χ1) is 12.2. The lowest BCUT2D eigenvalue weighted by Crippen LogP contribution is -2.11. The number of carbonyl (C=O) groups is 1. The fourth-order valence-corrected chi connectivity index (χ4v) is 2.47. The Morgan fingerprint density at radius 1 is 0.880 bits per heavy atom. The van der Waals surface area contributed by atoms with Crippen LogP contribution >= 0.6 is 0 Å². The Morgan fingerprint density at radius 2 is 1.60 bits per heavy atom. The second-order valence-electron chi connectivity index (χ2n) is 5.49. The van der Waals surface area contributed by atoms with E-state index in [1.54, 1.807) is 42.5 Å². The second kappa shape index (κ2) is 6.16. The molecule has 0 atom stereocenters. The number of rotatable bonds is 3. The highest BCUT2D eigenvalue weighted by Crippen LogP contribution is 2.18. The summed E-state index contributed by atoms with van der Waals surface area (Å²) in [6, 6.07) is 20.2. The van der Waals surface area contributed by atoms with Crippen molar-refractivity contribution < 1.29 is 9.18 Å². The third-order valence-electron chi connectivity index (χ3n) is 3.73. The lowest BCUT2D eigenvalue weighted by atomic mass is 10.2. The zero-order valence-corrected chi connectivity index (χ0v) is 13.1. The van der Waals surface area contributed by atoms with Gasteiger partial charge >= 0.3 is 0 Å². The minimum Gasteiger partial charge on any atom is -0.322 e. The smallest absolute Gasteiger partial charge is 0.255 e. The van der Waals surface area contributed by atoms with Crippen LogP contribution in [0.2, 0.25) is 0 Å². The van der Waals surface area contributed by atoms with Crippen molar-refractivity contribution in [3.63, 3.8) is 0 Å². The predicted molar refractivity (Wildman–Crippen MR) is 93.2 cm³/mol. The molecule has 0 aliphatic heterocycles. The first-order valence-electron chi connectivity index (χ1n) is 7.68. The summed E-state index contributed by atoms with van der Waals surface area (Å²) in [5.41, 5.74) is 3.19. The van der Waals surface area contributed by atoms with Gasteiger partial charge in [0, 0.05) is 11.3 Å². The minimum absolute atomic E-state index is 0.189. The van der Waals surface area contributed by atoms with Crippen molar-refractivity contribution in [3.8, 4) is 5.69 Å². The average Bonchev–Trinajstić information content (AvgIpc) is 3.06. The molecule has 3 aromatic carbocycles. The highest BCUT2D eigenvalue weighted by molar-refractivity contribution is 6.04. The van der Waals surface area contributed by atoms with Crippen LogP contribution in [0, 0.1) is 5.82 Å². The molecule has 0 saturated carbocycles. The number of fused-ring (bicyclic) bond motifs is 1. The number of nitrogens with zero attached hydrogens (tertiary/aromatic N) is 3. The van der Waals surface area contributed by atoms with Crippen LogP contribution < -0.4 is 5.32 Å². The average molecular weight is 332 g/mol. The molecule has 0 fully saturated rings. The van der Waals surface area contributed by atoms with E-state index in [0.29, 0.717) is 28.0 Å². The molecule has 1 heterocycles. The van der Waals surface area contributed by atoms with E-state index < -0.39 is 0 Å². The summed E-state index contributed by atoms with van der Waals surface area (Å²) < 4.78 is 13.0. The fraction of sp³-hybridized carbons (Fsp3) is 0. The molecule has 1 amide bonds. The van der Waals surface area contributed by atoms with Crippen molar-refractivity contribution in [1.82, 2.24) is 15.0 Å². The zero-order valence-electron chi connectivity index (χ0n) is 13.1. The fourth-order valence-electron chi connectivity index (χ4n) is 2.47. The van der Waals surface area contributed by atoms with Gasteiger partial charge in [0.25, 0.3) is 5.91 Å². The molecule has 1 aromatic heterocycles. The topological polar surface area (TPSA) is 59.8 Å². The number of anilines is 1. The van der Waals surface area contributed by atoms with E-state index in [-0.39, 0.29) is 11.7 Å². The summed E-state index contributed by atoms with van der Waals surface area (Å²) in [5, 5.41) is 11.6. The Balaban J connectivity index is 1.62. The van der Waals surface area contributed by atoms with Crippen molar-refractivity contribution >= 4 is 22.6 Å². The van der Waals surface area contributed by atoms with Crippen LogP contribution in [0.25, 0.3) is 16.7 Å². The summed E-state index contributed by atoms with van der Waals surface area (Å²) in [6.45, 7) is 0. The number of benzene rings is 3. The molecule has 122 valence electrons. The molecule has 0 saturated heterocycles. The number of hydrogen-bond acceptors (Lipinski definition) is 3. The number of amides is 1. The van der Waals surface area contributed by atoms with Crippen molar-refractivity contribution in [2.75, 3.05) is 5.32 Å². The predicted octanol–water partition coefficient (Wildman–Crippen LogP) is 3.81. The third-order valence-corrected chi connectivity index (χ3v) is 3.73. The second-order valence-corrected chi connectivity index (χ2v) is 5.49. The molecule has 4 aromatic rings. The highest BCUT2D eigenvalue weighted by atomic mass is 19.1. The van der Waals surface area contributed by atoms with Gasteiger partial charge in [-0.15, -0.1) is 10.2 Å². The van der Waals surface area contributed by atoms with E-state index in [0.717, 1.165) is 0 Å². The zero-order chi connectivity index (χ0) is 17.2. The summed E-state index contributed by atoms with van der Waals surface area (Å²) >= 11 is 0. The van der Waals surface area contributed by atoms with Gasteiger partial charge in [-0.2, -0.15) is 4.80 Å². The molecule has 5 nitrogen and oxygen atoms in total. The van der Waals surface area contributed by atoms with Crippen LogP contribution in [-0.2, 0) is 0 Å². The highest BCUT2D eigenvalue weighted by Gasteiger charge is 2.09. The molecule has 25 heavy (non-hydrogen) atoms. The number of carbonyl (C=O) groups excluding carboxylic acids is 1. The summed E-state index contributed by atoms with van der Waals surface area (Å²) in [6.07, 6.45) is 0. The van der Waals surface area contributed by atoms with Gasteiger partial charge in [-0.05, 0) is 54.6 Å². The number of halogens is 1. The Morgan fingerprint density at radius 3 is 2.36 bits per heavy atom. The Labute approximate surface area is 142 Å². The van der Waals surface area contributed by atoms with E-state index in [2.05, 4.69) is 15.5 Å². The van der Waals surface area contributed by atoms with Gasteiger partial charge in [0.05, 0.1) is 5.69 Å². The monoisotopic (exact) mass is 332 g/mol. The van der Waals surface area contributed by atoms with E-state index in [1.807, 2.05) is 18.2 Å². The van der Waals surface area contributed by atoms with E-state index >= 15 is 0 Å². The number of hydrogen-bond donors (Lipinski definition) is 1. The standard InChI is InChI=1S/C19H13FN4O/c20-14-6-9-16(10-7-14)24-22-17-11-8-15(12-18(17)23-24)21-19(25)13-4-2-1-3-5-13/h1-12H,(H,21,25). The summed E-state index contributed by atoms with van der Waals surface area (Å²) in [5.74, 6) is -0.503. The van der Waals surface area contributed by atoms with Crippen molar-refractivity contribution in [2.45, 2.75) is 0 Å². The quantitative estimate of drug-likeness (QED) is 0.620. The lowest BCUT2D eigenvalue weighted by Gasteiger charge is -2.04. The Hall–Kier alpha value is -3.54. The molecule has 0 radical (unpaired) electrons. The SMILES string of the molecule is O=C(Nc1ccc2nn(-c3ccc(F)cc3)nc2c1)c1ccccc1. The molecule has 0 spiro atoms. The van der Waals surface area contributed by atoms with Gasteiger partial charge in [-0.3, -0.25) is 4.79 Å². The van der Waals surface area contributed by atoms with Gasteiger partial charge in [-0.25, -0.2) is 4.39 Å². The van der Waals surface area contributed by atoms with Gasteiger partial charge in [0.1, 0.15) is 16.9 Å². The maximum atomic E-state index is 13.0. The van der Waals surface area contributed by atoms with Crippen molar-refractivity contribution in [3.05, 3.63) is 84.2 Å². The van der Waals surface area contributed by atoms with Crippen LogP contribution in [0.5, 0.6) is 0 Å². The molecule has 0 bridgehead atoms. The molecule has 0 aliphatic rings. The van der Waals surface area contributed by atoms with Gasteiger partial charge in [-0.1, -0.05) is 18.2 Å². The maximum absolute atomic E-state index is 13.0. The molecular weight excluding hydrogens is 319 g/mol. The summed E-state index contributed by atoms with van der Waals surface area (Å²) in [7, 11) is 0. The summed E-state index contributed by atoms with van der Waals surface area (Å²) in [4.78, 5) is 13.7.